The number of fused-ring (bicyclic) bond motifs is 1. The molecule has 24 heavy (non-hydrogen) atoms. The molecule has 0 saturated carbocycles. The normalized spacial score (nSPS) is 17.2. The van der Waals surface area contributed by atoms with Crippen LogP contribution in [0, 0.1) is 5.92 Å². The molecule has 2 unspecified atom stereocenters. The Morgan fingerprint density at radius 2 is 2.12 bits per heavy atom. The Labute approximate surface area is 141 Å². The first-order valence-electron chi connectivity index (χ1n) is 8.42. The SMILES string of the molecule is CCC(C)CCCCc1cc(O)c(C(=O)O)c2c1CC(C(N)=O)O2. The highest BCUT2D eigenvalue weighted by molar-refractivity contribution is 5.96. The summed E-state index contributed by atoms with van der Waals surface area (Å²) in [5, 5.41) is 19.3. The zero-order chi connectivity index (χ0) is 17.9. The third-order valence-electron chi connectivity index (χ3n) is 4.73. The number of ether oxygens (including phenoxy) is 1. The van der Waals surface area contributed by atoms with Crippen LogP contribution in [-0.2, 0) is 17.6 Å². The number of aromatic carboxylic acids is 1. The molecule has 2 atom stereocenters. The third-order valence-corrected chi connectivity index (χ3v) is 4.73. The molecule has 0 fully saturated rings. The predicted molar refractivity (Wildman–Crippen MR) is 89.4 cm³/mol. The summed E-state index contributed by atoms with van der Waals surface area (Å²) in [5.74, 6) is -1.48. The summed E-state index contributed by atoms with van der Waals surface area (Å²) in [6.45, 7) is 4.39. The van der Waals surface area contributed by atoms with Crippen LogP contribution in [0.4, 0.5) is 0 Å². The molecule has 132 valence electrons. The quantitative estimate of drug-likeness (QED) is 0.633. The largest absolute Gasteiger partial charge is 0.507 e. The first-order chi connectivity index (χ1) is 11.3. The Kier molecular flexibility index (Phi) is 5.70. The predicted octanol–water partition coefficient (Wildman–Crippen LogP) is 2.64. The first-order valence-corrected chi connectivity index (χ1v) is 8.42. The average Bonchev–Trinajstić information content (AvgIpc) is 2.95. The molecule has 1 aromatic rings. The van der Waals surface area contributed by atoms with Crippen molar-refractivity contribution in [1.29, 1.82) is 0 Å². The monoisotopic (exact) mass is 335 g/mol. The number of carboxylic acid groups (broad SMARTS) is 1. The molecular weight excluding hydrogens is 310 g/mol. The van der Waals surface area contributed by atoms with Crippen molar-refractivity contribution in [3.63, 3.8) is 0 Å². The van der Waals surface area contributed by atoms with Crippen molar-refractivity contribution in [3.05, 3.63) is 22.8 Å². The van der Waals surface area contributed by atoms with Crippen LogP contribution in [0.25, 0.3) is 0 Å². The van der Waals surface area contributed by atoms with E-state index in [0.29, 0.717) is 17.9 Å². The highest BCUT2D eigenvalue weighted by atomic mass is 16.5. The number of carbonyl (C=O) groups excluding carboxylic acids is 1. The molecule has 1 heterocycles. The summed E-state index contributed by atoms with van der Waals surface area (Å²) >= 11 is 0. The van der Waals surface area contributed by atoms with Gasteiger partial charge in [0.1, 0.15) is 17.1 Å². The van der Waals surface area contributed by atoms with Crippen LogP contribution < -0.4 is 10.5 Å². The Hall–Kier alpha value is -2.24. The zero-order valence-corrected chi connectivity index (χ0v) is 14.2. The molecule has 0 bridgehead atoms. The van der Waals surface area contributed by atoms with Gasteiger partial charge in [0, 0.05) is 12.0 Å². The summed E-state index contributed by atoms with van der Waals surface area (Å²) in [7, 11) is 0. The number of unbranched alkanes of at least 4 members (excludes halogenated alkanes) is 1. The Balaban J connectivity index is 2.21. The van der Waals surface area contributed by atoms with E-state index in [1.165, 1.54) is 6.07 Å². The second-order valence-corrected chi connectivity index (χ2v) is 6.51. The summed E-state index contributed by atoms with van der Waals surface area (Å²) < 4.78 is 5.43. The molecule has 2 rings (SSSR count). The van der Waals surface area contributed by atoms with Gasteiger partial charge in [-0.2, -0.15) is 0 Å². The number of benzene rings is 1. The van der Waals surface area contributed by atoms with Crippen molar-refractivity contribution < 1.29 is 24.5 Å². The second-order valence-electron chi connectivity index (χ2n) is 6.51. The van der Waals surface area contributed by atoms with Crippen LogP contribution >= 0.6 is 0 Å². The highest BCUT2D eigenvalue weighted by Gasteiger charge is 2.34. The van der Waals surface area contributed by atoms with E-state index < -0.39 is 18.0 Å². The fraction of sp³-hybridized carbons (Fsp3) is 0.556. The van der Waals surface area contributed by atoms with Crippen molar-refractivity contribution in [2.45, 2.75) is 58.5 Å². The molecular formula is C18H25NO5. The molecule has 6 nitrogen and oxygen atoms in total. The highest BCUT2D eigenvalue weighted by Crippen LogP contribution is 2.40. The lowest BCUT2D eigenvalue weighted by Gasteiger charge is -2.12. The lowest BCUT2D eigenvalue weighted by molar-refractivity contribution is -0.123. The molecule has 6 heteroatoms. The van der Waals surface area contributed by atoms with Crippen molar-refractivity contribution >= 4 is 11.9 Å². The lowest BCUT2D eigenvalue weighted by atomic mass is 9.93. The van der Waals surface area contributed by atoms with E-state index in [0.717, 1.165) is 31.2 Å². The fourth-order valence-corrected chi connectivity index (χ4v) is 3.06. The molecule has 0 spiro atoms. The van der Waals surface area contributed by atoms with Gasteiger partial charge in [0.25, 0.3) is 5.91 Å². The maximum atomic E-state index is 11.4. The van der Waals surface area contributed by atoms with Crippen molar-refractivity contribution in [2.75, 3.05) is 0 Å². The van der Waals surface area contributed by atoms with Crippen LogP contribution in [0.5, 0.6) is 11.5 Å². The molecule has 1 aromatic carbocycles. The van der Waals surface area contributed by atoms with E-state index in [2.05, 4.69) is 13.8 Å². The van der Waals surface area contributed by atoms with Gasteiger partial charge in [-0.15, -0.1) is 0 Å². The van der Waals surface area contributed by atoms with Crippen LogP contribution in [-0.4, -0.2) is 28.2 Å². The van der Waals surface area contributed by atoms with Gasteiger partial charge in [-0.3, -0.25) is 4.79 Å². The molecule has 0 radical (unpaired) electrons. The Bertz CT molecular complexity index is 641. The van der Waals surface area contributed by atoms with Crippen molar-refractivity contribution in [1.82, 2.24) is 0 Å². The minimum absolute atomic E-state index is 0.0863. The van der Waals surface area contributed by atoms with E-state index >= 15 is 0 Å². The summed E-state index contributed by atoms with van der Waals surface area (Å²) in [4.78, 5) is 22.8. The Morgan fingerprint density at radius 3 is 2.71 bits per heavy atom. The van der Waals surface area contributed by atoms with Gasteiger partial charge in [0.05, 0.1) is 0 Å². The topological polar surface area (TPSA) is 110 Å². The number of rotatable bonds is 8. The van der Waals surface area contributed by atoms with Gasteiger partial charge >= 0.3 is 5.97 Å². The van der Waals surface area contributed by atoms with E-state index in [9.17, 15) is 19.8 Å². The van der Waals surface area contributed by atoms with Crippen LogP contribution in [0.15, 0.2) is 6.07 Å². The molecule has 0 saturated heterocycles. The summed E-state index contributed by atoms with van der Waals surface area (Å²) in [5.41, 5.74) is 6.51. The minimum Gasteiger partial charge on any atom is -0.507 e. The van der Waals surface area contributed by atoms with Gasteiger partial charge in [0.2, 0.25) is 0 Å². The number of primary amides is 1. The molecule has 0 aliphatic carbocycles. The van der Waals surface area contributed by atoms with E-state index in [4.69, 9.17) is 10.5 Å². The maximum absolute atomic E-state index is 11.4. The number of amides is 1. The standard InChI is InChI=1S/C18H25NO5/c1-3-10(2)6-4-5-7-11-8-13(20)15(18(22)23)16-12(11)9-14(24-16)17(19)21/h8,10,14,20H,3-7,9H2,1-2H3,(H2,19,21)(H,22,23). The average molecular weight is 335 g/mol. The van der Waals surface area contributed by atoms with Crippen LogP contribution in [0.3, 0.4) is 0 Å². The van der Waals surface area contributed by atoms with Crippen molar-refractivity contribution in [2.24, 2.45) is 11.7 Å². The molecule has 1 amide bonds. The Morgan fingerprint density at radius 1 is 1.42 bits per heavy atom. The molecule has 0 aromatic heterocycles. The number of hydrogen-bond donors (Lipinski definition) is 3. The number of nitrogens with two attached hydrogens (primary N) is 1. The zero-order valence-electron chi connectivity index (χ0n) is 14.2. The first kappa shape index (κ1) is 18.1. The molecule has 1 aliphatic heterocycles. The fourth-order valence-electron chi connectivity index (χ4n) is 3.06. The summed E-state index contributed by atoms with van der Waals surface area (Å²) in [6.07, 6.45) is 4.37. The number of aryl methyl sites for hydroxylation is 1. The van der Waals surface area contributed by atoms with Crippen LogP contribution in [0.1, 0.15) is 61.0 Å². The number of carboxylic acids is 1. The van der Waals surface area contributed by atoms with Crippen LogP contribution in [0.2, 0.25) is 0 Å². The minimum atomic E-state index is -1.28. The van der Waals surface area contributed by atoms with E-state index in [-0.39, 0.29) is 23.5 Å². The number of aromatic hydroxyl groups is 1. The molecule has 1 aliphatic rings. The lowest BCUT2D eigenvalue weighted by Crippen LogP contribution is -2.32. The smallest absolute Gasteiger partial charge is 0.343 e. The number of phenols is 1. The van der Waals surface area contributed by atoms with E-state index in [1.54, 1.807) is 0 Å². The van der Waals surface area contributed by atoms with E-state index in [1.807, 2.05) is 0 Å². The molecule has 4 N–H and O–H groups in total. The number of hydrogen-bond acceptors (Lipinski definition) is 4. The van der Waals surface area contributed by atoms with Gasteiger partial charge in [-0.05, 0) is 30.4 Å². The van der Waals surface area contributed by atoms with Gasteiger partial charge in [0.15, 0.2) is 6.10 Å². The van der Waals surface area contributed by atoms with Crippen molar-refractivity contribution in [3.8, 4) is 11.5 Å². The van der Waals surface area contributed by atoms with Gasteiger partial charge in [-0.25, -0.2) is 4.79 Å². The maximum Gasteiger partial charge on any atom is 0.343 e. The van der Waals surface area contributed by atoms with Gasteiger partial charge in [-0.1, -0.05) is 33.1 Å². The third kappa shape index (κ3) is 3.80. The second kappa shape index (κ2) is 7.55. The van der Waals surface area contributed by atoms with Gasteiger partial charge < -0.3 is 20.7 Å². The number of carbonyl (C=O) groups is 2. The summed E-state index contributed by atoms with van der Waals surface area (Å²) in [6, 6.07) is 1.48.